The molecule has 19 heavy (non-hydrogen) atoms. The number of hydrogen-bond acceptors (Lipinski definition) is 3. The maximum atomic E-state index is 11.8. The zero-order valence-electron chi connectivity index (χ0n) is 11.9. The van der Waals surface area contributed by atoms with E-state index in [1.54, 1.807) is 14.2 Å². The molecular formula is C15H21NO3. The summed E-state index contributed by atoms with van der Waals surface area (Å²) in [4.78, 5) is 11.8. The van der Waals surface area contributed by atoms with Gasteiger partial charge in [-0.3, -0.25) is 4.79 Å². The van der Waals surface area contributed by atoms with Gasteiger partial charge in [-0.25, -0.2) is 0 Å². The van der Waals surface area contributed by atoms with E-state index in [0.29, 0.717) is 5.75 Å². The predicted molar refractivity (Wildman–Crippen MR) is 73.6 cm³/mol. The Labute approximate surface area is 114 Å². The molecule has 0 saturated heterocycles. The Morgan fingerprint density at radius 2 is 1.89 bits per heavy atom. The lowest BCUT2D eigenvalue weighted by atomic mass is 10.1. The number of ether oxygens (including phenoxy) is 2. The molecule has 0 bridgehead atoms. The number of nitrogens with one attached hydrogen (secondary N) is 1. The molecule has 0 radical (unpaired) electrons. The molecular weight excluding hydrogens is 242 g/mol. The summed E-state index contributed by atoms with van der Waals surface area (Å²) >= 11 is 0. The molecule has 0 saturated carbocycles. The number of aryl methyl sites for hydroxylation is 1. The maximum Gasteiger partial charge on any atom is 0.223 e. The lowest BCUT2D eigenvalue weighted by Gasteiger charge is -2.17. The molecule has 1 aromatic carbocycles. The van der Waals surface area contributed by atoms with Crippen LogP contribution in [-0.2, 0) is 11.2 Å². The third-order valence-electron chi connectivity index (χ3n) is 3.56. The lowest BCUT2D eigenvalue weighted by molar-refractivity contribution is -0.124. The van der Waals surface area contributed by atoms with Crippen LogP contribution in [0.5, 0.6) is 11.5 Å². The minimum absolute atomic E-state index is 0.00388. The van der Waals surface area contributed by atoms with Crippen molar-refractivity contribution in [2.45, 2.75) is 32.7 Å². The Hall–Kier alpha value is -1.71. The zero-order valence-corrected chi connectivity index (χ0v) is 11.9. The van der Waals surface area contributed by atoms with Gasteiger partial charge in [0, 0.05) is 5.92 Å². The van der Waals surface area contributed by atoms with Crippen LogP contribution >= 0.6 is 0 Å². The highest BCUT2D eigenvalue weighted by atomic mass is 16.5. The molecule has 0 spiro atoms. The van der Waals surface area contributed by atoms with E-state index in [1.165, 1.54) is 5.56 Å². The molecule has 1 amide bonds. The van der Waals surface area contributed by atoms with Crippen molar-refractivity contribution in [3.8, 4) is 11.5 Å². The first-order valence-electron chi connectivity index (χ1n) is 6.62. The fourth-order valence-electron chi connectivity index (χ4n) is 2.42. The Morgan fingerprint density at radius 3 is 2.47 bits per heavy atom. The molecule has 0 aliphatic heterocycles. The van der Waals surface area contributed by atoms with Gasteiger partial charge < -0.3 is 14.8 Å². The van der Waals surface area contributed by atoms with Crippen LogP contribution in [0.15, 0.2) is 12.1 Å². The molecule has 104 valence electrons. The van der Waals surface area contributed by atoms with E-state index in [-0.39, 0.29) is 17.9 Å². The van der Waals surface area contributed by atoms with Crippen LogP contribution in [-0.4, -0.2) is 20.1 Å². The second-order valence-corrected chi connectivity index (χ2v) is 5.16. The standard InChI is InChI=1S/C15H21NO3/c1-9(2)15(17)16-12-6-5-10-7-13(18-3)14(19-4)8-11(10)12/h7-9,12H,5-6H2,1-4H3,(H,16,17). The summed E-state index contributed by atoms with van der Waals surface area (Å²) in [6.07, 6.45) is 1.89. The van der Waals surface area contributed by atoms with E-state index in [9.17, 15) is 4.79 Å². The minimum Gasteiger partial charge on any atom is -0.493 e. The summed E-state index contributed by atoms with van der Waals surface area (Å²) in [5, 5.41) is 3.09. The van der Waals surface area contributed by atoms with E-state index in [1.807, 2.05) is 26.0 Å². The number of carbonyl (C=O) groups excluding carboxylic acids is 1. The van der Waals surface area contributed by atoms with Gasteiger partial charge in [0.2, 0.25) is 5.91 Å². The summed E-state index contributed by atoms with van der Waals surface area (Å²) in [6.45, 7) is 3.81. The number of amides is 1. The third kappa shape index (κ3) is 2.67. The van der Waals surface area contributed by atoms with Gasteiger partial charge >= 0.3 is 0 Å². The molecule has 1 unspecified atom stereocenters. The van der Waals surface area contributed by atoms with Crippen molar-refractivity contribution in [1.82, 2.24) is 5.32 Å². The number of rotatable bonds is 4. The van der Waals surface area contributed by atoms with Crippen molar-refractivity contribution < 1.29 is 14.3 Å². The van der Waals surface area contributed by atoms with Gasteiger partial charge in [0.05, 0.1) is 20.3 Å². The highest BCUT2D eigenvalue weighted by molar-refractivity contribution is 5.78. The van der Waals surface area contributed by atoms with Crippen LogP contribution in [0.3, 0.4) is 0 Å². The molecule has 0 aromatic heterocycles. The first-order valence-corrected chi connectivity index (χ1v) is 6.62. The Kier molecular flexibility index (Phi) is 3.98. The summed E-state index contributed by atoms with van der Waals surface area (Å²) < 4.78 is 10.6. The average Bonchev–Trinajstić information content (AvgIpc) is 2.79. The number of hydrogen-bond donors (Lipinski definition) is 1. The van der Waals surface area contributed by atoms with Gasteiger partial charge in [0.1, 0.15) is 0 Å². The second-order valence-electron chi connectivity index (χ2n) is 5.16. The van der Waals surface area contributed by atoms with Crippen LogP contribution in [0.25, 0.3) is 0 Å². The monoisotopic (exact) mass is 263 g/mol. The van der Waals surface area contributed by atoms with Gasteiger partial charge in [-0.2, -0.15) is 0 Å². The smallest absolute Gasteiger partial charge is 0.223 e. The molecule has 1 N–H and O–H groups in total. The average molecular weight is 263 g/mol. The van der Waals surface area contributed by atoms with E-state index in [0.717, 1.165) is 24.2 Å². The fourth-order valence-corrected chi connectivity index (χ4v) is 2.42. The van der Waals surface area contributed by atoms with Gasteiger partial charge in [0.15, 0.2) is 11.5 Å². The largest absolute Gasteiger partial charge is 0.493 e. The van der Waals surface area contributed by atoms with Crippen molar-refractivity contribution in [3.05, 3.63) is 23.3 Å². The quantitative estimate of drug-likeness (QED) is 0.907. The Balaban J connectivity index is 2.26. The van der Waals surface area contributed by atoms with Crippen LogP contribution in [0, 0.1) is 5.92 Å². The van der Waals surface area contributed by atoms with Crippen LogP contribution in [0.4, 0.5) is 0 Å². The Morgan fingerprint density at radius 1 is 1.26 bits per heavy atom. The van der Waals surface area contributed by atoms with Gasteiger partial charge in [-0.05, 0) is 36.1 Å². The maximum absolute atomic E-state index is 11.8. The van der Waals surface area contributed by atoms with Gasteiger partial charge in [-0.15, -0.1) is 0 Å². The third-order valence-corrected chi connectivity index (χ3v) is 3.56. The zero-order chi connectivity index (χ0) is 14.0. The van der Waals surface area contributed by atoms with E-state index in [2.05, 4.69) is 5.32 Å². The fraction of sp³-hybridized carbons (Fsp3) is 0.533. The first kappa shape index (κ1) is 13.7. The summed E-state index contributed by atoms with van der Waals surface area (Å²) in [5.74, 6) is 1.56. The number of methoxy groups -OCH3 is 2. The molecule has 2 rings (SSSR count). The molecule has 4 nitrogen and oxygen atoms in total. The molecule has 0 heterocycles. The topological polar surface area (TPSA) is 47.6 Å². The van der Waals surface area contributed by atoms with E-state index in [4.69, 9.17) is 9.47 Å². The van der Waals surface area contributed by atoms with Crippen molar-refractivity contribution in [1.29, 1.82) is 0 Å². The van der Waals surface area contributed by atoms with Crippen molar-refractivity contribution in [2.75, 3.05) is 14.2 Å². The van der Waals surface area contributed by atoms with Crippen molar-refractivity contribution >= 4 is 5.91 Å². The number of fused-ring (bicyclic) bond motifs is 1. The molecule has 4 heteroatoms. The minimum atomic E-state index is 0.00388. The lowest BCUT2D eigenvalue weighted by Crippen LogP contribution is -2.30. The molecule has 1 atom stereocenters. The summed E-state index contributed by atoms with van der Waals surface area (Å²) in [5.41, 5.74) is 2.37. The van der Waals surface area contributed by atoms with E-state index < -0.39 is 0 Å². The molecule has 1 aliphatic rings. The van der Waals surface area contributed by atoms with Crippen molar-refractivity contribution in [3.63, 3.8) is 0 Å². The predicted octanol–water partition coefficient (Wildman–Crippen LogP) is 2.46. The van der Waals surface area contributed by atoms with Crippen LogP contribution in [0.1, 0.15) is 37.4 Å². The van der Waals surface area contributed by atoms with Gasteiger partial charge in [0.25, 0.3) is 0 Å². The van der Waals surface area contributed by atoms with Gasteiger partial charge in [-0.1, -0.05) is 13.8 Å². The molecule has 0 fully saturated rings. The van der Waals surface area contributed by atoms with Crippen molar-refractivity contribution in [2.24, 2.45) is 5.92 Å². The summed E-state index contributed by atoms with van der Waals surface area (Å²) in [6, 6.07) is 4.08. The first-order chi connectivity index (χ1) is 9.06. The molecule has 1 aliphatic carbocycles. The Bertz CT molecular complexity index is 483. The highest BCUT2D eigenvalue weighted by Gasteiger charge is 2.26. The normalized spacial score (nSPS) is 17.2. The van der Waals surface area contributed by atoms with E-state index >= 15 is 0 Å². The molecule has 1 aromatic rings. The van der Waals surface area contributed by atoms with Crippen LogP contribution in [0.2, 0.25) is 0 Å². The highest BCUT2D eigenvalue weighted by Crippen LogP contribution is 2.39. The number of carbonyl (C=O) groups is 1. The van der Waals surface area contributed by atoms with Crippen LogP contribution < -0.4 is 14.8 Å². The number of benzene rings is 1. The summed E-state index contributed by atoms with van der Waals surface area (Å²) in [7, 11) is 3.26. The SMILES string of the molecule is COc1cc2c(cc1OC)C(NC(=O)C(C)C)CC2. The second kappa shape index (κ2) is 5.51.